The Morgan fingerprint density at radius 1 is 0.674 bits per heavy atom. The lowest BCUT2D eigenvalue weighted by molar-refractivity contribution is -0.870. The second kappa shape index (κ2) is 30.0. The lowest BCUT2D eigenvalue weighted by Crippen LogP contribution is -2.37. The molecule has 0 saturated heterocycles. The molecule has 0 bridgehead atoms. The summed E-state index contributed by atoms with van der Waals surface area (Å²) in [6.07, 6.45) is 39.9. The summed E-state index contributed by atoms with van der Waals surface area (Å²) in [6.45, 7) is 4.76. The normalized spacial score (nSPS) is 15.2. The first kappa shape index (κ1) is 43.7. The SMILES string of the molecule is CC/C=C\C/C=C\C/C=C\C/C=C\C/C=C\C/C=C\C/C=C\CCCCOCC(COP(=O)(O)OCC[N+](C)(C)C)OC(=O)CC. The van der Waals surface area contributed by atoms with Crippen LogP contribution in [0.3, 0.4) is 0 Å². The number of esters is 1. The summed E-state index contributed by atoms with van der Waals surface area (Å²) in [4.78, 5) is 21.7. The molecule has 0 aliphatic carbocycles. The summed E-state index contributed by atoms with van der Waals surface area (Å²) in [5, 5.41) is 0. The monoisotopic (exact) mass is 664 g/mol. The fraction of sp³-hybridized carbons (Fsp3) is 0.595. The molecular formula is C37H63NO7P+. The molecule has 0 radical (unpaired) electrons. The summed E-state index contributed by atoms with van der Waals surface area (Å²) >= 11 is 0. The quantitative estimate of drug-likeness (QED) is 0.0281. The number of hydrogen-bond donors (Lipinski definition) is 1. The second-order valence-electron chi connectivity index (χ2n) is 11.8. The highest BCUT2D eigenvalue weighted by molar-refractivity contribution is 7.47. The van der Waals surface area contributed by atoms with E-state index in [-0.39, 0.29) is 26.2 Å². The lowest BCUT2D eigenvalue weighted by atomic mass is 10.2. The summed E-state index contributed by atoms with van der Waals surface area (Å²) < 4.78 is 33.8. The summed E-state index contributed by atoms with van der Waals surface area (Å²) in [5.41, 5.74) is 0. The first-order valence-electron chi connectivity index (χ1n) is 16.8. The minimum absolute atomic E-state index is 0.0724. The van der Waals surface area contributed by atoms with E-state index in [1.165, 1.54) is 0 Å². The standard InChI is InChI=1S/C37H62NO7P/c1-6-8-9-10-11-12-13-14-15-16-17-18-19-20-21-22-23-24-25-26-27-28-29-30-32-42-34-36(45-37(39)7-2)35-44-46(40,41)43-33-31-38(3,4)5/h8-9,11-12,14-15,17-18,20-21,23-24,26-27,36H,6-7,10,13,16,19,22,25,28-35H2,1-5H3/p+1/b9-8-,12-11-,15-14-,18-17-,21-20-,24-23-,27-26-. The van der Waals surface area contributed by atoms with Gasteiger partial charge in [-0.25, -0.2) is 4.57 Å². The predicted molar refractivity (Wildman–Crippen MR) is 191 cm³/mol. The molecule has 0 heterocycles. The van der Waals surface area contributed by atoms with Gasteiger partial charge < -0.3 is 18.9 Å². The van der Waals surface area contributed by atoms with Gasteiger partial charge in [0, 0.05) is 13.0 Å². The molecule has 2 atom stereocenters. The fourth-order valence-electron chi connectivity index (χ4n) is 3.62. The molecule has 262 valence electrons. The van der Waals surface area contributed by atoms with Gasteiger partial charge in [0.25, 0.3) is 0 Å². The van der Waals surface area contributed by atoms with Gasteiger partial charge in [-0.1, -0.05) is 98.9 Å². The van der Waals surface area contributed by atoms with Crippen LogP contribution in [0.1, 0.15) is 84.5 Å². The maximum Gasteiger partial charge on any atom is 0.472 e. The molecule has 9 heteroatoms. The molecule has 46 heavy (non-hydrogen) atoms. The molecular weight excluding hydrogens is 601 g/mol. The zero-order valence-corrected chi connectivity index (χ0v) is 30.2. The third kappa shape index (κ3) is 33.1. The zero-order valence-electron chi connectivity index (χ0n) is 29.3. The Hall–Kier alpha value is -2.32. The average Bonchev–Trinajstić information content (AvgIpc) is 3.00. The minimum Gasteiger partial charge on any atom is -0.457 e. The van der Waals surface area contributed by atoms with Crippen LogP contribution in [0, 0.1) is 0 Å². The predicted octanol–water partition coefficient (Wildman–Crippen LogP) is 8.98. The van der Waals surface area contributed by atoms with Crippen molar-refractivity contribution in [2.45, 2.75) is 90.6 Å². The van der Waals surface area contributed by atoms with E-state index in [4.69, 9.17) is 18.5 Å². The molecule has 0 aliphatic rings. The van der Waals surface area contributed by atoms with Crippen LogP contribution in [0.5, 0.6) is 0 Å². The van der Waals surface area contributed by atoms with Crippen LogP contribution in [-0.2, 0) is 27.9 Å². The fourth-order valence-corrected chi connectivity index (χ4v) is 4.36. The molecule has 0 aromatic rings. The smallest absolute Gasteiger partial charge is 0.457 e. The average molecular weight is 665 g/mol. The molecule has 0 aromatic heterocycles. The number of likely N-dealkylation sites (N-methyl/N-ethyl adjacent to an activating group) is 1. The number of carbonyl (C=O) groups is 1. The number of rotatable bonds is 29. The van der Waals surface area contributed by atoms with E-state index in [0.29, 0.717) is 17.6 Å². The summed E-state index contributed by atoms with van der Waals surface area (Å²) in [6, 6.07) is 0. The molecule has 0 saturated carbocycles. The minimum atomic E-state index is -4.25. The van der Waals surface area contributed by atoms with Crippen LogP contribution in [0.4, 0.5) is 0 Å². The molecule has 0 amide bonds. The highest BCUT2D eigenvalue weighted by atomic mass is 31.2. The van der Waals surface area contributed by atoms with Crippen molar-refractivity contribution in [2.24, 2.45) is 0 Å². The second-order valence-corrected chi connectivity index (χ2v) is 13.2. The number of phosphoric ester groups is 1. The molecule has 0 spiro atoms. The van der Waals surface area contributed by atoms with Gasteiger partial charge in [0.2, 0.25) is 0 Å². The van der Waals surface area contributed by atoms with Crippen LogP contribution in [0.15, 0.2) is 85.1 Å². The van der Waals surface area contributed by atoms with Crippen molar-refractivity contribution in [3.63, 3.8) is 0 Å². The molecule has 8 nitrogen and oxygen atoms in total. The van der Waals surface area contributed by atoms with Crippen molar-refractivity contribution in [1.82, 2.24) is 0 Å². The molecule has 0 rings (SSSR count). The number of nitrogens with zero attached hydrogens (tertiary/aromatic N) is 1. The number of unbranched alkanes of at least 4 members (excludes halogenated alkanes) is 2. The van der Waals surface area contributed by atoms with Crippen molar-refractivity contribution >= 4 is 13.8 Å². The van der Waals surface area contributed by atoms with Crippen molar-refractivity contribution < 1.29 is 37.3 Å². The summed E-state index contributed by atoms with van der Waals surface area (Å²) in [5.74, 6) is -0.423. The van der Waals surface area contributed by atoms with E-state index < -0.39 is 19.9 Å². The first-order chi connectivity index (χ1) is 22.1. The zero-order chi connectivity index (χ0) is 34.2. The highest BCUT2D eigenvalue weighted by Gasteiger charge is 2.26. The first-order valence-corrected chi connectivity index (χ1v) is 18.3. The van der Waals surface area contributed by atoms with E-state index in [1.807, 2.05) is 21.1 Å². The van der Waals surface area contributed by atoms with Gasteiger partial charge in [-0.05, 0) is 64.2 Å². The Kier molecular flexibility index (Phi) is 28.5. The van der Waals surface area contributed by atoms with Gasteiger partial charge in [-0.2, -0.15) is 0 Å². The van der Waals surface area contributed by atoms with Gasteiger partial charge in [0.1, 0.15) is 19.3 Å². The van der Waals surface area contributed by atoms with E-state index in [1.54, 1.807) is 6.92 Å². The van der Waals surface area contributed by atoms with Gasteiger partial charge in [-0.3, -0.25) is 13.8 Å². The number of hydrogen-bond acceptors (Lipinski definition) is 6. The Bertz CT molecular complexity index is 1010. The molecule has 0 aromatic carbocycles. The Labute approximate surface area is 280 Å². The molecule has 2 unspecified atom stereocenters. The number of phosphoric acid groups is 1. The maximum absolute atomic E-state index is 12.2. The van der Waals surface area contributed by atoms with Crippen molar-refractivity contribution in [1.29, 1.82) is 0 Å². The number of quaternary nitrogens is 1. The van der Waals surface area contributed by atoms with Crippen LogP contribution >= 0.6 is 7.82 Å². The van der Waals surface area contributed by atoms with E-state index in [9.17, 15) is 14.3 Å². The molecule has 0 fully saturated rings. The number of ether oxygens (including phenoxy) is 2. The van der Waals surface area contributed by atoms with Gasteiger partial charge in [0.15, 0.2) is 0 Å². The van der Waals surface area contributed by atoms with Crippen LogP contribution < -0.4 is 0 Å². The van der Waals surface area contributed by atoms with Crippen LogP contribution in [0.2, 0.25) is 0 Å². The van der Waals surface area contributed by atoms with Crippen molar-refractivity contribution in [3.8, 4) is 0 Å². The van der Waals surface area contributed by atoms with Crippen LogP contribution in [0.25, 0.3) is 0 Å². The van der Waals surface area contributed by atoms with Gasteiger partial charge in [-0.15, -0.1) is 0 Å². The highest BCUT2D eigenvalue weighted by Crippen LogP contribution is 2.43. The third-order valence-electron chi connectivity index (χ3n) is 6.28. The maximum atomic E-state index is 12.2. The number of allylic oxidation sites excluding steroid dienone is 14. The third-order valence-corrected chi connectivity index (χ3v) is 7.26. The van der Waals surface area contributed by atoms with E-state index in [0.717, 1.165) is 64.2 Å². The van der Waals surface area contributed by atoms with Crippen LogP contribution in [-0.4, -0.2) is 75.6 Å². The van der Waals surface area contributed by atoms with Crippen molar-refractivity contribution in [3.05, 3.63) is 85.1 Å². The Balaban J connectivity index is 3.96. The molecule has 0 aliphatic heterocycles. The Morgan fingerprint density at radius 3 is 1.61 bits per heavy atom. The van der Waals surface area contributed by atoms with E-state index >= 15 is 0 Å². The lowest BCUT2D eigenvalue weighted by Gasteiger charge is -2.24. The van der Waals surface area contributed by atoms with Crippen molar-refractivity contribution in [2.75, 3.05) is 54.1 Å². The van der Waals surface area contributed by atoms with Gasteiger partial charge >= 0.3 is 13.8 Å². The number of carbonyl (C=O) groups excluding carboxylic acids is 1. The Morgan fingerprint density at radius 2 is 1.15 bits per heavy atom. The molecule has 1 N–H and O–H groups in total. The van der Waals surface area contributed by atoms with Gasteiger partial charge in [0.05, 0.1) is 34.4 Å². The van der Waals surface area contributed by atoms with E-state index in [2.05, 4.69) is 92.0 Å². The largest absolute Gasteiger partial charge is 0.472 e. The summed E-state index contributed by atoms with van der Waals surface area (Å²) in [7, 11) is 1.61. The topological polar surface area (TPSA) is 91.3 Å².